The van der Waals surface area contributed by atoms with Crippen LogP contribution in [0.5, 0.6) is 0 Å². The third-order valence-corrected chi connectivity index (χ3v) is 4.95. The van der Waals surface area contributed by atoms with Crippen LogP contribution in [0.15, 0.2) is 0 Å². The molecule has 1 aliphatic carbocycles. The Morgan fingerprint density at radius 3 is 2.42 bits per heavy atom. The maximum absolute atomic E-state index is 12.5. The molecule has 6 nitrogen and oxygen atoms in total. The number of ether oxygens (including phenoxy) is 1. The summed E-state index contributed by atoms with van der Waals surface area (Å²) in [6.07, 6.45) is 4.26. The summed E-state index contributed by atoms with van der Waals surface area (Å²) in [7, 11) is 0. The minimum Gasteiger partial charge on any atom is -0.444 e. The molecule has 1 aliphatic heterocycles. The van der Waals surface area contributed by atoms with Gasteiger partial charge in [0.25, 0.3) is 0 Å². The van der Waals surface area contributed by atoms with Gasteiger partial charge in [0.2, 0.25) is 5.91 Å². The number of piperidine rings is 1. The van der Waals surface area contributed by atoms with E-state index in [9.17, 15) is 14.9 Å². The predicted molar refractivity (Wildman–Crippen MR) is 90.1 cm³/mol. The number of carbonyl (C=O) groups excluding carboxylic acids is 2. The molecule has 1 heterocycles. The van der Waals surface area contributed by atoms with Gasteiger partial charge in [-0.25, -0.2) is 4.79 Å². The van der Waals surface area contributed by atoms with Crippen molar-refractivity contribution >= 4 is 12.0 Å². The molecule has 2 fully saturated rings. The molecule has 1 saturated heterocycles. The van der Waals surface area contributed by atoms with Gasteiger partial charge in [-0.1, -0.05) is 12.8 Å². The Hall–Kier alpha value is -1.77. The number of carbonyl (C=O) groups is 2. The molecule has 2 rings (SSSR count). The molecule has 134 valence electrons. The molecule has 2 unspecified atom stereocenters. The first-order valence-electron chi connectivity index (χ1n) is 8.89. The second-order valence-corrected chi connectivity index (χ2v) is 8.12. The number of nitrogens with one attached hydrogen (secondary N) is 1. The van der Waals surface area contributed by atoms with Crippen molar-refractivity contribution in [1.82, 2.24) is 10.2 Å². The molecule has 0 radical (unpaired) electrons. The SMILES string of the molecule is CC1CC(NC(=O)C2(C#N)CCCC2)CCN1C(=O)OC(C)(C)C. The number of likely N-dealkylation sites (tertiary alicyclic amines) is 1. The maximum Gasteiger partial charge on any atom is 0.410 e. The topological polar surface area (TPSA) is 82.4 Å². The Morgan fingerprint density at radius 2 is 1.92 bits per heavy atom. The summed E-state index contributed by atoms with van der Waals surface area (Å²) in [5, 5.41) is 12.5. The van der Waals surface area contributed by atoms with E-state index in [2.05, 4.69) is 11.4 Å². The highest BCUT2D eigenvalue weighted by molar-refractivity contribution is 5.86. The lowest BCUT2D eigenvalue weighted by Crippen LogP contribution is -2.53. The molecule has 1 saturated carbocycles. The van der Waals surface area contributed by atoms with Gasteiger partial charge in [-0.2, -0.15) is 5.26 Å². The summed E-state index contributed by atoms with van der Waals surface area (Å²) in [6, 6.07) is 2.25. The Balaban J connectivity index is 1.90. The van der Waals surface area contributed by atoms with Gasteiger partial charge in [-0.15, -0.1) is 0 Å². The van der Waals surface area contributed by atoms with Crippen LogP contribution >= 0.6 is 0 Å². The van der Waals surface area contributed by atoms with Crippen molar-refractivity contribution in [2.45, 2.75) is 83.9 Å². The fourth-order valence-corrected chi connectivity index (χ4v) is 3.59. The van der Waals surface area contributed by atoms with E-state index in [0.717, 1.165) is 12.8 Å². The van der Waals surface area contributed by atoms with Gasteiger partial charge in [-0.05, 0) is 53.4 Å². The van der Waals surface area contributed by atoms with E-state index in [-0.39, 0.29) is 24.1 Å². The van der Waals surface area contributed by atoms with Crippen molar-refractivity contribution in [1.29, 1.82) is 5.26 Å². The highest BCUT2D eigenvalue weighted by Gasteiger charge is 2.43. The van der Waals surface area contributed by atoms with Crippen molar-refractivity contribution in [3.05, 3.63) is 0 Å². The number of amides is 2. The maximum atomic E-state index is 12.5. The van der Waals surface area contributed by atoms with Crippen LogP contribution in [0, 0.1) is 16.7 Å². The van der Waals surface area contributed by atoms with Gasteiger partial charge in [0.1, 0.15) is 11.0 Å². The molecular formula is C18H29N3O3. The second kappa shape index (κ2) is 7.00. The van der Waals surface area contributed by atoms with Gasteiger partial charge in [0.05, 0.1) is 6.07 Å². The molecule has 2 aliphatic rings. The molecular weight excluding hydrogens is 306 g/mol. The van der Waals surface area contributed by atoms with E-state index in [4.69, 9.17) is 4.74 Å². The molecule has 2 amide bonds. The van der Waals surface area contributed by atoms with Crippen LogP contribution in [0.25, 0.3) is 0 Å². The molecule has 6 heteroatoms. The fraction of sp³-hybridized carbons (Fsp3) is 0.833. The molecule has 0 aromatic rings. The summed E-state index contributed by atoms with van der Waals surface area (Å²) in [6.45, 7) is 8.08. The van der Waals surface area contributed by atoms with Crippen molar-refractivity contribution in [3.8, 4) is 6.07 Å². The average molecular weight is 335 g/mol. The summed E-state index contributed by atoms with van der Waals surface area (Å²) >= 11 is 0. The molecule has 0 aromatic heterocycles. The zero-order valence-corrected chi connectivity index (χ0v) is 15.2. The Kier molecular flexibility index (Phi) is 5.42. The van der Waals surface area contributed by atoms with Crippen LogP contribution < -0.4 is 5.32 Å². The van der Waals surface area contributed by atoms with Gasteiger partial charge in [-0.3, -0.25) is 4.79 Å². The van der Waals surface area contributed by atoms with Crippen LogP contribution in [-0.4, -0.2) is 41.1 Å². The molecule has 0 spiro atoms. The number of rotatable bonds is 2. The number of hydrogen-bond acceptors (Lipinski definition) is 4. The van der Waals surface area contributed by atoms with Crippen LogP contribution in [0.3, 0.4) is 0 Å². The molecule has 2 atom stereocenters. The van der Waals surface area contributed by atoms with E-state index in [1.54, 1.807) is 4.90 Å². The van der Waals surface area contributed by atoms with Gasteiger partial charge in [0, 0.05) is 18.6 Å². The van der Waals surface area contributed by atoms with Gasteiger partial charge < -0.3 is 15.0 Å². The Bertz CT molecular complexity index is 527. The zero-order valence-electron chi connectivity index (χ0n) is 15.2. The summed E-state index contributed by atoms with van der Waals surface area (Å²) in [5.74, 6) is -0.134. The lowest BCUT2D eigenvalue weighted by molar-refractivity contribution is -0.129. The van der Waals surface area contributed by atoms with Crippen molar-refractivity contribution in [3.63, 3.8) is 0 Å². The quantitative estimate of drug-likeness (QED) is 0.841. The van der Waals surface area contributed by atoms with Gasteiger partial charge >= 0.3 is 6.09 Å². The largest absolute Gasteiger partial charge is 0.444 e. The highest BCUT2D eigenvalue weighted by atomic mass is 16.6. The number of nitrogens with zero attached hydrogens (tertiary/aromatic N) is 2. The number of nitriles is 1. The molecule has 0 bridgehead atoms. The summed E-state index contributed by atoms with van der Waals surface area (Å²) in [4.78, 5) is 26.5. The fourth-order valence-electron chi connectivity index (χ4n) is 3.59. The average Bonchev–Trinajstić information content (AvgIpc) is 2.95. The second-order valence-electron chi connectivity index (χ2n) is 8.12. The van der Waals surface area contributed by atoms with E-state index in [1.807, 2.05) is 27.7 Å². The van der Waals surface area contributed by atoms with E-state index >= 15 is 0 Å². The summed E-state index contributed by atoms with van der Waals surface area (Å²) < 4.78 is 5.44. The number of hydrogen-bond donors (Lipinski definition) is 1. The van der Waals surface area contributed by atoms with Crippen molar-refractivity contribution in [2.75, 3.05) is 6.54 Å². The normalized spacial score (nSPS) is 26.5. The monoisotopic (exact) mass is 335 g/mol. The predicted octanol–water partition coefficient (Wildman–Crippen LogP) is 2.97. The zero-order chi connectivity index (χ0) is 18.0. The first kappa shape index (κ1) is 18.6. The van der Waals surface area contributed by atoms with E-state index < -0.39 is 11.0 Å². The van der Waals surface area contributed by atoms with Crippen LogP contribution in [-0.2, 0) is 9.53 Å². The minimum atomic E-state index is -0.842. The first-order valence-corrected chi connectivity index (χ1v) is 8.89. The van der Waals surface area contributed by atoms with Crippen molar-refractivity contribution < 1.29 is 14.3 Å². The lowest BCUT2D eigenvalue weighted by Gasteiger charge is -2.39. The first-order chi connectivity index (χ1) is 11.2. The molecule has 1 N–H and O–H groups in total. The Morgan fingerprint density at radius 1 is 1.29 bits per heavy atom. The van der Waals surface area contributed by atoms with Crippen molar-refractivity contribution in [2.24, 2.45) is 5.41 Å². The van der Waals surface area contributed by atoms with E-state index in [0.29, 0.717) is 32.2 Å². The summed E-state index contributed by atoms with van der Waals surface area (Å²) in [5.41, 5.74) is -1.35. The van der Waals surface area contributed by atoms with E-state index in [1.165, 1.54) is 0 Å². The highest BCUT2D eigenvalue weighted by Crippen LogP contribution is 2.38. The lowest BCUT2D eigenvalue weighted by atomic mass is 9.86. The molecule has 0 aromatic carbocycles. The third kappa shape index (κ3) is 4.19. The third-order valence-electron chi connectivity index (χ3n) is 4.95. The standard InChI is InChI=1S/C18H29N3O3/c1-13-11-14(7-10-21(13)16(23)24-17(2,3)4)20-15(22)18(12-19)8-5-6-9-18/h13-14H,5-11H2,1-4H3,(H,20,22). The van der Waals surface area contributed by atoms with Crippen LogP contribution in [0.2, 0.25) is 0 Å². The minimum absolute atomic E-state index is 0.000476. The molecule has 24 heavy (non-hydrogen) atoms. The smallest absolute Gasteiger partial charge is 0.410 e. The van der Waals surface area contributed by atoms with Crippen LogP contribution in [0.4, 0.5) is 4.79 Å². The Labute approximate surface area is 144 Å². The van der Waals surface area contributed by atoms with Crippen LogP contribution in [0.1, 0.15) is 66.2 Å². The van der Waals surface area contributed by atoms with Gasteiger partial charge in [0.15, 0.2) is 0 Å².